The van der Waals surface area contributed by atoms with Gasteiger partial charge in [0, 0.05) is 17.2 Å². The molecular formula is C19H21FN2O2. The van der Waals surface area contributed by atoms with Crippen molar-refractivity contribution in [2.75, 3.05) is 10.6 Å². The van der Waals surface area contributed by atoms with Gasteiger partial charge in [0.2, 0.25) is 5.91 Å². The second kappa shape index (κ2) is 8.24. The summed E-state index contributed by atoms with van der Waals surface area (Å²) >= 11 is 0. The molecule has 0 aliphatic rings. The number of para-hydroxylation sites is 1. The van der Waals surface area contributed by atoms with E-state index in [1.807, 2.05) is 13.8 Å². The number of amides is 2. The lowest BCUT2D eigenvalue weighted by atomic mass is 10.0. The van der Waals surface area contributed by atoms with Gasteiger partial charge in [-0.2, -0.15) is 0 Å². The zero-order valence-electron chi connectivity index (χ0n) is 13.8. The topological polar surface area (TPSA) is 58.2 Å². The molecule has 0 atom stereocenters. The number of benzene rings is 2. The molecule has 2 aromatic rings. The number of anilines is 2. The van der Waals surface area contributed by atoms with Gasteiger partial charge in [0.05, 0.1) is 5.69 Å². The Morgan fingerprint density at radius 2 is 1.58 bits per heavy atom. The molecule has 2 N–H and O–H groups in total. The molecule has 0 aromatic heterocycles. The van der Waals surface area contributed by atoms with Crippen LogP contribution in [0.1, 0.15) is 37.0 Å². The highest BCUT2D eigenvalue weighted by Crippen LogP contribution is 2.17. The fourth-order valence-corrected chi connectivity index (χ4v) is 2.37. The van der Waals surface area contributed by atoms with Crippen LogP contribution < -0.4 is 10.6 Å². The third kappa shape index (κ3) is 4.41. The standard InChI is InChI=1S/C19H21FN2O2/c1-3-13(4-2)18(23)21-15-11-9-14(10-12-15)19(24)22-17-8-6-5-7-16(17)20/h5-13H,3-4H2,1-2H3,(H,21,23)(H,22,24). The molecule has 0 saturated heterocycles. The zero-order valence-corrected chi connectivity index (χ0v) is 13.8. The van der Waals surface area contributed by atoms with Crippen molar-refractivity contribution in [3.8, 4) is 0 Å². The number of halogens is 1. The maximum Gasteiger partial charge on any atom is 0.255 e. The summed E-state index contributed by atoms with van der Waals surface area (Å²) in [5.74, 6) is -0.935. The van der Waals surface area contributed by atoms with Crippen molar-refractivity contribution in [3.05, 3.63) is 59.9 Å². The third-order valence-corrected chi connectivity index (χ3v) is 3.89. The van der Waals surface area contributed by atoms with E-state index in [9.17, 15) is 14.0 Å². The molecule has 2 aromatic carbocycles. The van der Waals surface area contributed by atoms with Crippen molar-refractivity contribution in [2.24, 2.45) is 5.92 Å². The lowest BCUT2D eigenvalue weighted by Crippen LogP contribution is -2.21. The van der Waals surface area contributed by atoms with Crippen LogP contribution in [0.25, 0.3) is 0 Å². The van der Waals surface area contributed by atoms with Crippen molar-refractivity contribution in [2.45, 2.75) is 26.7 Å². The van der Waals surface area contributed by atoms with E-state index in [0.717, 1.165) is 12.8 Å². The van der Waals surface area contributed by atoms with Crippen LogP contribution in [0.5, 0.6) is 0 Å². The summed E-state index contributed by atoms with van der Waals surface area (Å²) in [4.78, 5) is 24.2. The minimum absolute atomic E-state index is 0.0194. The van der Waals surface area contributed by atoms with Crippen molar-refractivity contribution in [3.63, 3.8) is 0 Å². The van der Waals surface area contributed by atoms with E-state index >= 15 is 0 Å². The Balaban J connectivity index is 2.02. The number of hydrogen-bond donors (Lipinski definition) is 2. The molecule has 0 bridgehead atoms. The SMILES string of the molecule is CCC(CC)C(=O)Nc1ccc(C(=O)Nc2ccccc2F)cc1. The summed E-state index contributed by atoms with van der Waals surface area (Å²) in [5.41, 5.74) is 1.15. The third-order valence-electron chi connectivity index (χ3n) is 3.89. The van der Waals surface area contributed by atoms with Gasteiger partial charge in [0.15, 0.2) is 0 Å². The largest absolute Gasteiger partial charge is 0.326 e. The number of carbonyl (C=O) groups excluding carboxylic acids is 2. The summed E-state index contributed by atoms with van der Waals surface area (Å²) < 4.78 is 13.6. The van der Waals surface area contributed by atoms with E-state index in [4.69, 9.17) is 0 Å². The summed E-state index contributed by atoms with van der Waals surface area (Å²) in [6.07, 6.45) is 1.57. The van der Waals surface area contributed by atoms with Gasteiger partial charge in [-0.3, -0.25) is 9.59 Å². The van der Waals surface area contributed by atoms with Gasteiger partial charge in [0.25, 0.3) is 5.91 Å². The summed E-state index contributed by atoms with van der Waals surface area (Å²) in [6, 6.07) is 12.5. The van der Waals surface area contributed by atoms with E-state index in [1.165, 1.54) is 12.1 Å². The van der Waals surface area contributed by atoms with E-state index in [-0.39, 0.29) is 17.5 Å². The average Bonchev–Trinajstić information content (AvgIpc) is 2.58. The number of hydrogen-bond acceptors (Lipinski definition) is 2. The molecule has 126 valence electrons. The molecule has 0 aliphatic carbocycles. The Kier molecular flexibility index (Phi) is 6.07. The average molecular weight is 328 g/mol. The minimum Gasteiger partial charge on any atom is -0.326 e. The van der Waals surface area contributed by atoms with Crippen molar-refractivity contribution in [1.82, 2.24) is 0 Å². The number of rotatable bonds is 6. The van der Waals surface area contributed by atoms with Crippen molar-refractivity contribution in [1.29, 1.82) is 0 Å². The van der Waals surface area contributed by atoms with Crippen LogP contribution in [0.4, 0.5) is 15.8 Å². The van der Waals surface area contributed by atoms with Gasteiger partial charge < -0.3 is 10.6 Å². The molecule has 0 heterocycles. The van der Waals surface area contributed by atoms with Crippen molar-refractivity contribution < 1.29 is 14.0 Å². The quantitative estimate of drug-likeness (QED) is 0.823. The van der Waals surface area contributed by atoms with Crippen LogP contribution in [0.3, 0.4) is 0 Å². The highest BCUT2D eigenvalue weighted by molar-refractivity contribution is 6.04. The van der Waals surface area contributed by atoms with Crippen LogP contribution in [-0.2, 0) is 4.79 Å². The van der Waals surface area contributed by atoms with Gasteiger partial charge >= 0.3 is 0 Å². The maximum absolute atomic E-state index is 13.6. The monoisotopic (exact) mass is 328 g/mol. The second-order valence-electron chi connectivity index (χ2n) is 5.51. The predicted molar refractivity (Wildman–Crippen MR) is 93.5 cm³/mol. The normalized spacial score (nSPS) is 10.5. The van der Waals surface area contributed by atoms with Crippen LogP contribution in [0.2, 0.25) is 0 Å². The molecule has 0 fully saturated rings. The second-order valence-corrected chi connectivity index (χ2v) is 5.51. The lowest BCUT2D eigenvalue weighted by molar-refractivity contribution is -0.120. The maximum atomic E-state index is 13.6. The smallest absolute Gasteiger partial charge is 0.255 e. The highest BCUT2D eigenvalue weighted by Gasteiger charge is 2.14. The first-order valence-corrected chi connectivity index (χ1v) is 8.02. The molecular weight excluding hydrogens is 307 g/mol. The van der Waals surface area contributed by atoms with Crippen LogP contribution in [0, 0.1) is 11.7 Å². The van der Waals surface area contributed by atoms with Gasteiger partial charge in [0.1, 0.15) is 5.82 Å². The highest BCUT2D eigenvalue weighted by atomic mass is 19.1. The van der Waals surface area contributed by atoms with E-state index in [0.29, 0.717) is 11.3 Å². The van der Waals surface area contributed by atoms with E-state index in [1.54, 1.807) is 36.4 Å². The molecule has 0 aliphatic heterocycles. The zero-order chi connectivity index (χ0) is 17.5. The van der Waals surface area contributed by atoms with Gasteiger partial charge in [-0.25, -0.2) is 4.39 Å². The summed E-state index contributed by atoms with van der Waals surface area (Å²) in [7, 11) is 0. The van der Waals surface area contributed by atoms with Gasteiger partial charge in [-0.1, -0.05) is 26.0 Å². The molecule has 4 nitrogen and oxygen atoms in total. The van der Waals surface area contributed by atoms with Gasteiger partial charge in [-0.15, -0.1) is 0 Å². The Hall–Kier alpha value is -2.69. The van der Waals surface area contributed by atoms with Crippen molar-refractivity contribution >= 4 is 23.2 Å². The van der Waals surface area contributed by atoms with Crippen LogP contribution in [-0.4, -0.2) is 11.8 Å². The molecule has 0 unspecified atom stereocenters. The molecule has 2 amide bonds. The molecule has 0 spiro atoms. The summed E-state index contributed by atoms with van der Waals surface area (Å²) in [6.45, 7) is 3.95. The fraction of sp³-hybridized carbons (Fsp3) is 0.263. The van der Waals surface area contributed by atoms with Crippen LogP contribution >= 0.6 is 0 Å². The first-order valence-electron chi connectivity index (χ1n) is 8.02. The van der Waals surface area contributed by atoms with E-state index < -0.39 is 11.7 Å². The predicted octanol–water partition coefficient (Wildman–Crippen LogP) is 4.45. The lowest BCUT2D eigenvalue weighted by Gasteiger charge is -2.13. The van der Waals surface area contributed by atoms with E-state index in [2.05, 4.69) is 10.6 Å². The number of carbonyl (C=O) groups is 2. The first kappa shape index (κ1) is 17.7. The Bertz CT molecular complexity index is 710. The van der Waals surface area contributed by atoms with Crippen LogP contribution in [0.15, 0.2) is 48.5 Å². The molecule has 24 heavy (non-hydrogen) atoms. The Labute approximate surface area is 141 Å². The molecule has 0 radical (unpaired) electrons. The Morgan fingerprint density at radius 3 is 2.17 bits per heavy atom. The minimum atomic E-state index is -0.486. The molecule has 2 rings (SSSR count). The first-order chi connectivity index (χ1) is 11.5. The molecule has 5 heteroatoms. The fourth-order valence-electron chi connectivity index (χ4n) is 2.37. The van der Waals surface area contributed by atoms with Gasteiger partial charge in [-0.05, 0) is 49.2 Å². The Morgan fingerprint density at radius 1 is 0.958 bits per heavy atom. The summed E-state index contributed by atoms with van der Waals surface area (Å²) in [5, 5.41) is 5.36. The number of nitrogens with one attached hydrogen (secondary N) is 2. The molecule has 0 saturated carbocycles.